The summed E-state index contributed by atoms with van der Waals surface area (Å²) in [4.78, 5) is 13.9. The molecule has 1 aromatic carbocycles. The van der Waals surface area contributed by atoms with E-state index in [-0.39, 0.29) is 6.03 Å². The third kappa shape index (κ3) is 3.71. The Morgan fingerprint density at radius 2 is 2.09 bits per heavy atom. The van der Waals surface area contributed by atoms with Crippen molar-refractivity contribution in [1.29, 1.82) is 0 Å². The highest BCUT2D eigenvalue weighted by Gasteiger charge is 2.25. The molecule has 0 radical (unpaired) electrons. The summed E-state index contributed by atoms with van der Waals surface area (Å²) >= 11 is 0. The summed E-state index contributed by atoms with van der Waals surface area (Å²) in [6.45, 7) is 2.32. The number of nitrogens with zero attached hydrogens (tertiary/aromatic N) is 1. The monoisotopic (exact) mass is 304 g/mol. The molecule has 1 saturated carbocycles. The first-order valence-electron chi connectivity index (χ1n) is 8.07. The number of rotatable bonds is 5. The molecule has 1 heterocycles. The quantitative estimate of drug-likeness (QED) is 0.909. The molecule has 1 atom stereocenters. The minimum atomic E-state index is -0.0403. The van der Waals surface area contributed by atoms with Gasteiger partial charge in [-0.2, -0.15) is 0 Å². The summed E-state index contributed by atoms with van der Waals surface area (Å²) < 4.78 is 11.1. The van der Waals surface area contributed by atoms with Crippen LogP contribution in [0.5, 0.6) is 5.75 Å². The molecule has 2 fully saturated rings. The molecule has 0 bridgehead atoms. The average Bonchev–Trinajstić information content (AvgIpc) is 2.98. The Morgan fingerprint density at radius 3 is 2.68 bits per heavy atom. The van der Waals surface area contributed by atoms with Gasteiger partial charge in [-0.25, -0.2) is 4.79 Å². The molecule has 5 nitrogen and oxygen atoms in total. The standard InChI is InChI=1S/C17H24N2O3/c1-19(15-3-2-4-15)17(20)18-14-5-7-16(8-6-14)22-12-13-9-10-21-11-13/h5-8,13,15H,2-4,9-12H2,1H3,(H,18,20)/t13-/m1/s1. The van der Waals surface area contributed by atoms with Crippen molar-refractivity contribution in [3.63, 3.8) is 0 Å². The van der Waals surface area contributed by atoms with Crippen molar-refractivity contribution in [2.45, 2.75) is 31.7 Å². The summed E-state index contributed by atoms with van der Waals surface area (Å²) in [7, 11) is 1.86. The first kappa shape index (κ1) is 15.2. The van der Waals surface area contributed by atoms with Gasteiger partial charge in [-0.15, -0.1) is 0 Å². The zero-order valence-electron chi connectivity index (χ0n) is 13.1. The first-order chi connectivity index (χ1) is 10.7. The molecule has 0 unspecified atom stereocenters. The summed E-state index contributed by atoms with van der Waals surface area (Å²) in [5.74, 6) is 1.33. The van der Waals surface area contributed by atoms with Crippen LogP contribution in [0.4, 0.5) is 10.5 Å². The van der Waals surface area contributed by atoms with Crippen molar-refractivity contribution < 1.29 is 14.3 Å². The predicted molar refractivity (Wildman–Crippen MR) is 85.3 cm³/mol. The third-order valence-corrected chi connectivity index (χ3v) is 4.56. The van der Waals surface area contributed by atoms with E-state index in [1.165, 1.54) is 6.42 Å². The summed E-state index contributed by atoms with van der Waals surface area (Å²) in [5, 5.41) is 2.93. The van der Waals surface area contributed by atoms with Crippen LogP contribution in [0.1, 0.15) is 25.7 Å². The smallest absolute Gasteiger partial charge is 0.321 e. The number of carbonyl (C=O) groups excluding carboxylic acids is 1. The van der Waals surface area contributed by atoms with Crippen LogP contribution in [-0.4, -0.2) is 43.8 Å². The molecule has 2 amide bonds. The molecule has 2 aliphatic rings. The van der Waals surface area contributed by atoms with Gasteiger partial charge in [-0.1, -0.05) is 0 Å². The van der Waals surface area contributed by atoms with E-state index in [0.29, 0.717) is 18.6 Å². The van der Waals surface area contributed by atoms with Gasteiger partial charge in [0.15, 0.2) is 0 Å². The van der Waals surface area contributed by atoms with E-state index in [2.05, 4.69) is 5.32 Å². The largest absolute Gasteiger partial charge is 0.493 e. The van der Waals surface area contributed by atoms with Crippen LogP contribution in [0.2, 0.25) is 0 Å². The Morgan fingerprint density at radius 1 is 1.32 bits per heavy atom. The fourth-order valence-corrected chi connectivity index (χ4v) is 2.71. The Hall–Kier alpha value is -1.75. The molecule has 1 aliphatic heterocycles. The molecule has 1 aromatic rings. The fraction of sp³-hybridized carbons (Fsp3) is 0.588. The van der Waals surface area contributed by atoms with Crippen LogP contribution < -0.4 is 10.1 Å². The first-order valence-corrected chi connectivity index (χ1v) is 8.07. The van der Waals surface area contributed by atoms with Gasteiger partial charge >= 0.3 is 6.03 Å². The van der Waals surface area contributed by atoms with Crippen molar-refractivity contribution >= 4 is 11.7 Å². The van der Waals surface area contributed by atoms with Gasteiger partial charge in [0.05, 0.1) is 13.2 Å². The SMILES string of the molecule is CN(C(=O)Nc1ccc(OC[C@@H]2CCOC2)cc1)C1CCC1. The van der Waals surface area contributed by atoms with E-state index < -0.39 is 0 Å². The molecular weight excluding hydrogens is 280 g/mol. The van der Waals surface area contributed by atoms with E-state index >= 15 is 0 Å². The summed E-state index contributed by atoms with van der Waals surface area (Å²) in [6.07, 6.45) is 4.52. The van der Waals surface area contributed by atoms with E-state index in [1.54, 1.807) is 4.90 Å². The van der Waals surface area contributed by atoms with Crippen molar-refractivity contribution in [3.05, 3.63) is 24.3 Å². The Bertz CT molecular complexity index is 493. The van der Waals surface area contributed by atoms with Crippen LogP contribution >= 0.6 is 0 Å². The number of hydrogen-bond donors (Lipinski definition) is 1. The van der Waals surface area contributed by atoms with Gasteiger partial charge < -0.3 is 19.7 Å². The minimum Gasteiger partial charge on any atom is -0.493 e. The molecule has 0 aromatic heterocycles. The lowest BCUT2D eigenvalue weighted by Crippen LogP contribution is -2.43. The highest BCUT2D eigenvalue weighted by molar-refractivity contribution is 5.89. The lowest BCUT2D eigenvalue weighted by Gasteiger charge is -2.34. The second-order valence-electron chi connectivity index (χ2n) is 6.19. The maximum absolute atomic E-state index is 12.1. The Labute approximate surface area is 131 Å². The number of benzene rings is 1. The van der Waals surface area contributed by atoms with Crippen molar-refractivity contribution in [2.24, 2.45) is 5.92 Å². The van der Waals surface area contributed by atoms with Crippen LogP contribution in [0.25, 0.3) is 0 Å². The van der Waals surface area contributed by atoms with Crippen molar-refractivity contribution in [1.82, 2.24) is 4.90 Å². The summed E-state index contributed by atoms with van der Waals surface area (Å²) in [5.41, 5.74) is 0.799. The second-order valence-corrected chi connectivity index (χ2v) is 6.19. The fourth-order valence-electron chi connectivity index (χ4n) is 2.71. The molecule has 5 heteroatoms. The summed E-state index contributed by atoms with van der Waals surface area (Å²) in [6, 6.07) is 7.92. The van der Waals surface area contributed by atoms with Crippen LogP contribution in [-0.2, 0) is 4.74 Å². The van der Waals surface area contributed by atoms with Gasteiger partial charge in [0.25, 0.3) is 0 Å². The van der Waals surface area contributed by atoms with E-state index in [1.807, 2.05) is 31.3 Å². The van der Waals surface area contributed by atoms with Gasteiger partial charge in [0.2, 0.25) is 0 Å². The number of hydrogen-bond acceptors (Lipinski definition) is 3. The highest BCUT2D eigenvalue weighted by atomic mass is 16.5. The zero-order chi connectivity index (χ0) is 15.4. The van der Waals surface area contributed by atoms with Gasteiger partial charge in [0, 0.05) is 31.3 Å². The van der Waals surface area contributed by atoms with Gasteiger partial charge in [0.1, 0.15) is 5.75 Å². The lowest BCUT2D eigenvalue weighted by atomic mass is 9.92. The van der Waals surface area contributed by atoms with E-state index in [0.717, 1.165) is 43.9 Å². The zero-order valence-corrected chi connectivity index (χ0v) is 13.1. The number of nitrogens with one attached hydrogen (secondary N) is 1. The van der Waals surface area contributed by atoms with Crippen molar-refractivity contribution in [2.75, 3.05) is 32.2 Å². The van der Waals surface area contributed by atoms with E-state index in [4.69, 9.17) is 9.47 Å². The molecule has 120 valence electrons. The number of urea groups is 1. The third-order valence-electron chi connectivity index (χ3n) is 4.56. The van der Waals surface area contributed by atoms with Crippen molar-refractivity contribution in [3.8, 4) is 5.75 Å². The highest BCUT2D eigenvalue weighted by Crippen LogP contribution is 2.24. The maximum atomic E-state index is 12.1. The van der Waals surface area contributed by atoms with Crippen LogP contribution in [0.3, 0.4) is 0 Å². The number of carbonyl (C=O) groups is 1. The Balaban J connectivity index is 1.47. The number of anilines is 1. The molecule has 1 aliphatic carbocycles. The molecule has 0 spiro atoms. The molecule has 22 heavy (non-hydrogen) atoms. The molecular formula is C17H24N2O3. The number of amides is 2. The van der Waals surface area contributed by atoms with Crippen LogP contribution in [0, 0.1) is 5.92 Å². The molecule has 1 N–H and O–H groups in total. The Kier molecular flexibility index (Phi) is 4.83. The van der Waals surface area contributed by atoms with Gasteiger partial charge in [-0.3, -0.25) is 0 Å². The average molecular weight is 304 g/mol. The maximum Gasteiger partial charge on any atom is 0.321 e. The van der Waals surface area contributed by atoms with Gasteiger partial charge in [-0.05, 0) is 49.9 Å². The molecule has 1 saturated heterocycles. The van der Waals surface area contributed by atoms with Crippen LogP contribution in [0.15, 0.2) is 24.3 Å². The molecule has 3 rings (SSSR count). The van der Waals surface area contributed by atoms with E-state index in [9.17, 15) is 4.79 Å². The normalized spacial score (nSPS) is 21.2. The lowest BCUT2D eigenvalue weighted by molar-refractivity contribution is 0.167. The second kappa shape index (κ2) is 7.01. The minimum absolute atomic E-state index is 0.0403. The predicted octanol–water partition coefficient (Wildman–Crippen LogP) is 3.12. The topological polar surface area (TPSA) is 50.8 Å². The number of ether oxygens (including phenoxy) is 2.